The standard InChI is InChI=1S/C17H13F3N4O2/c18-12-7-9(1-2-10(12)17(25)26)15-11(3-5-22-16(15)21)13-4-6-24(23-13)8-14(19)20/h1-7,14H,8H2,(H2,21,22)(H,25,26). The molecule has 1 aromatic carbocycles. The van der Waals surface area contributed by atoms with Gasteiger partial charge in [0.05, 0.1) is 11.3 Å². The van der Waals surface area contributed by atoms with Crippen LogP contribution in [0.2, 0.25) is 0 Å². The van der Waals surface area contributed by atoms with E-state index >= 15 is 0 Å². The number of halogens is 3. The first-order chi connectivity index (χ1) is 12.4. The summed E-state index contributed by atoms with van der Waals surface area (Å²) in [7, 11) is 0. The number of nitrogen functional groups attached to an aromatic ring is 1. The number of rotatable bonds is 5. The van der Waals surface area contributed by atoms with Crippen molar-refractivity contribution in [2.75, 3.05) is 5.73 Å². The lowest BCUT2D eigenvalue weighted by Gasteiger charge is -2.11. The average Bonchev–Trinajstić information content (AvgIpc) is 3.01. The van der Waals surface area contributed by atoms with Crippen LogP contribution in [0.4, 0.5) is 19.0 Å². The molecule has 9 heteroatoms. The fourth-order valence-corrected chi connectivity index (χ4v) is 2.59. The highest BCUT2D eigenvalue weighted by atomic mass is 19.3. The van der Waals surface area contributed by atoms with Crippen molar-refractivity contribution in [2.45, 2.75) is 13.0 Å². The van der Waals surface area contributed by atoms with Gasteiger partial charge in [-0.1, -0.05) is 6.07 Å². The second kappa shape index (κ2) is 6.87. The van der Waals surface area contributed by atoms with Crippen LogP contribution in [0.5, 0.6) is 0 Å². The molecule has 26 heavy (non-hydrogen) atoms. The number of anilines is 1. The number of carboxylic acid groups (broad SMARTS) is 1. The SMILES string of the molecule is Nc1nccc(-c2ccn(CC(F)F)n2)c1-c1ccc(C(=O)O)c(F)c1. The summed E-state index contributed by atoms with van der Waals surface area (Å²) in [6.45, 7) is -0.558. The molecule has 0 radical (unpaired) electrons. The van der Waals surface area contributed by atoms with Crippen LogP contribution in [-0.4, -0.2) is 32.3 Å². The first-order valence-electron chi connectivity index (χ1n) is 7.46. The second-order valence-electron chi connectivity index (χ2n) is 5.43. The van der Waals surface area contributed by atoms with Crippen LogP contribution in [0.15, 0.2) is 42.7 Å². The Morgan fingerprint density at radius 3 is 2.69 bits per heavy atom. The number of aromatic carboxylic acids is 1. The van der Waals surface area contributed by atoms with E-state index < -0.39 is 30.3 Å². The number of nitrogens with two attached hydrogens (primary N) is 1. The summed E-state index contributed by atoms with van der Waals surface area (Å²) in [5, 5.41) is 13.0. The van der Waals surface area contributed by atoms with Crippen molar-refractivity contribution >= 4 is 11.8 Å². The Labute approximate surface area is 145 Å². The van der Waals surface area contributed by atoms with Gasteiger partial charge in [-0.25, -0.2) is 22.9 Å². The number of nitrogens with zero attached hydrogens (tertiary/aromatic N) is 3. The molecule has 3 aromatic rings. The topological polar surface area (TPSA) is 94.0 Å². The third-order valence-corrected chi connectivity index (χ3v) is 3.71. The summed E-state index contributed by atoms with van der Waals surface area (Å²) >= 11 is 0. The summed E-state index contributed by atoms with van der Waals surface area (Å²) in [4.78, 5) is 14.9. The van der Waals surface area contributed by atoms with Crippen LogP contribution in [0.1, 0.15) is 10.4 Å². The smallest absolute Gasteiger partial charge is 0.338 e. The van der Waals surface area contributed by atoms with Crippen molar-refractivity contribution in [1.29, 1.82) is 0 Å². The predicted molar refractivity (Wildman–Crippen MR) is 88.2 cm³/mol. The largest absolute Gasteiger partial charge is 0.478 e. The van der Waals surface area contributed by atoms with E-state index in [1.165, 1.54) is 24.5 Å². The monoisotopic (exact) mass is 362 g/mol. The molecule has 0 saturated carbocycles. The van der Waals surface area contributed by atoms with Gasteiger partial charge in [0.25, 0.3) is 6.43 Å². The van der Waals surface area contributed by atoms with Crippen LogP contribution in [-0.2, 0) is 6.54 Å². The molecule has 0 aliphatic carbocycles. The Morgan fingerprint density at radius 1 is 1.27 bits per heavy atom. The van der Waals surface area contributed by atoms with Gasteiger partial charge in [-0.2, -0.15) is 5.10 Å². The Balaban J connectivity index is 2.10. The van der Waals surface area contributed by atoms with Gasteiger partial charge in [0, 0.05) is 23.5 Å². The summed E-state index contributed by atoms with van der Waals surface area (Å²) in [6, 6.07) is 6.67. The zero-order valence-electron chi connectivity index (χ0n) is 13.2. The molecular weight excluding hydrogens is 349 g/mol. The Morgan fingerprint density at radius 2 is 2.04 bits per heavy atom. The molecule has 6 nitrogen and oxygen atoms in total. The van der Waals surface area contributed by atoms with Crippen molar-refractivity contribution in [3.05, 3.63) is 54.1 Å². The van der Waals surface area contributed by atoms with Crippen LogP contribution in [0.25, 0.3) is 22.4 Å². The number of hydrogen-bond acceptors (Lipinski definition) is 4. The maximum Gasteiger partial charge on any atom is 0.338 e. The number of carboxylic acids is 1. The van der Waals surface area contributed by atoms with Crippen molar-refractivity contribution in [1.82, 2.24) is 14.8 Å². The number of aromatic nitrogens is 3. The van der Waals surface area contributed by atoms with E-state index in [1.807, 2.05) is 0 Å². The molecular formula is C17H13F3N4O2. The van der Waals surface area contributed by atoms with E-state index in [4.69, 9.17) is 10.8 Å². The van der Waals surface area contributed by atoms with Gasteiger partial charge in [-0.3, -0.25) is 4.68 Å². The lowest BCUT2D eigenvalue weighted by molar-refractivity contribution is 0.0692. The summed E-state index contributed by atoms with van der Waals surface area (Å²) in [5.74, 6) is -2.24. The van der Waals surface area contributed by atoms with Gasteiger partial charge < -0.3 is 10.8 Å². The van der Waals surface area contributed by atoms with Crippen molar-refractivity contribution in [2.24, 2.45) is 0 Å². The second-order valence-corrected chi connectivity index (χ2v) is 5.43. The molecule has 0 aliphatic heterocycles. The highest BCUT2D eigenvalue weighted by Crippen LogP contribution is 2.35. The molecule has 134 valence electrons. The molecule has 0 aliphatic rings. The minimum atomic E-state index is -2.55. The van der Waals surface area contributed by atoms with E-state index in [-0.39, 0.29) is 5.82 Å². The van der Waals surface area contributed by atoms with E-state index in [9.17, 15) is 18.0 Å². The van der Waals surface area contributed by atoms with Gasteiger partial charge in [0.15, 0.2) is 0 Å². The Hall–Kier alpha value is -3.36. The molecule has 0 spiro atoms. The highest BCUT2D eigenvalue weighted by Gasteiger charge is 2.18. The van der Waals surface area contributed by atoms with Gasteiger partial charge in [-0.05, 0) is 29.8 Å². The highest BCUT2D eigenvalue weighted by molar-refractivity contribution is 5.91. The molecule has 0 saturated heterocycles. The van der Waals surface area contributed by atoms with Crippen molar-refractivity contribution < 1.29 is 23.1 Å². The van der Waals surface area contributed by atoms with Crippen LogP contribution in [0, 0.1) is 5.82 Å². The van der Waals surface area contributed by atoms with Crippen LogP contribution >= 0.6 is 0 Å². The van der Waals surface area contributed by atoms with Gasteiger partial charge in [0.2, 0.25) is 0 Å². The number of hydrogen-bond donors (Lipinski definition) is 2. The van der Waals surface area contributed by atoms with Crippen LogP contribution in [0.3, 0.4) is 0 Å². The van der Waals surface area contributed by atoms with Gasteiger partial charge in [-0.15, -0.1) is 0 Å². The number of alkyl halides is 2. The molecule has 0 bridgehead atoms. The maximum atomic E-state index is 14.1. The summed E-state index contributed by atoms with van der Waals surface area (Å²) in [6.07, 6.45) is 0.264. The predicted octanol–water partition coefficient (Wildman–Crippen LogP) is 3.30. The van der Waals surface area contributed by atoms with Crippen molar-refractivity contribution in [3.63, 3.8) is 0 Å². The molecule has 2 heterocycles. The van der Waals surface area contributed by atoms with Gasteiger partial charge in [0.1, 0.15) is 18.2 Å². The summed E-state index contributed by atoms with van der Waals surface area (Å²) in [5.41, 5.74) is 6.91. The quantitative estimate of drug-likeness (QED) is 0.726. The first kappa shape index (κ1) is 17.5. The number of carbonyl (C=O) groups is 1. The minimum Gasteiger partial charge on any atom is -0.478 e. The molecule has 2 aromatic heterocycles. The first-order valence-corrected chi connectivity index (χ1v) is 7.46. The number of benzene rings is 1. The molecule has 0 amide bonds. The minimum absolute atomic E-state index is 0.0772. The fourth-order valence-electron chi connectivity index (χ4n) is 2.59. The third kappa shape index (κ3) is 3.37. The Kier molecular flexibility index (Phi) is 4.61. The van der Waals surface area contributed by atoms with Gasteiger partial charge >= 0.3 is 5.97 Å². The van der Waals surface area contributed by atoms with E-state index in [0.717, 1.165) is 16.8 Å². The van der Waals surface area contributed by atoms with Crippen LogP contribution < -0.4 is 5.73 Å². The zero-order chi connectivity index (χ0) is 18.8. The molecule has 0 unspecified atom stereocenters. The normalized spacial score (nSPS) is 11.1. The fraction of sp³-hybridized carbons (Fsp3) is 0.118. The van der Waals surface area contributed by atoms with Crippen molar-refractivity contribution in [3.8, 4) is 22.4 Å². The maximum absolute atomic E-state index is 14.1. The molecule has 3 N–H and O–H groups in total. The Bertz CT molecular complexity index is 972. The molecule has 3 rings (SSSR count). The molecule has 0 atom stereocenters. The lowest BCUT2D eigenvalue weighted by atomic mass is 9.97. The van der Waals surface area contributed by atoms with E-state index in [1.54, 1.807) is 6.07 Å². The number of pyridine rings is 1. The zero-order valence-corrected chi connectivity index (χ0v) is 13.2. The summed E-state index contributed by atoms with van der Waals surface area (Å²) < 4.78 is 40.2. The average molecular weight is 362 g/mol. The molecule has 0 fully saturated rings. The lowest BCUT2D eigenvalue weighted by Crippen LogP contribution is -2.07. The van der Waals surface area contributed by atoms with E-state index in [2.05, 4.69) is 10.1 Å². The third-order valence-electron chi connectivity index (χ3n) is 3.71. The van der Waals surface area contributed by atoms with E-state index in [0.29, 0.717) is 22.4 Å².